The first kappa shape index (κ1) is 19.7. The van der Waals surface area contributed by atoms with Gasteiger partial charge < -0.3 is 0 Å². The normalized spacial score (nSPS) is 10.9. The highest BCUT2D eigenvalue weighted by molar-refractivity contribution is 7.22. The largest absolute Gasteiger partial charge is 0.279 e. The summed E-state index contributed by atoms with van der Waals surface area (Å²) < 4.78 is 14.8. The molecule has 0 aliphatic heterocycles. The molecule has 1 heterocycles. The van der Waals surface area contributed by atoms with Crippen molar-refractivity contribution in [3.05, 3.63) is 99.4 Å². The minimum Gasteiger partial charge on any atom is -0.279 e. The van der Waals surface area contributed by atoms with Gasteiger partial charge in [-0.2, -0.15) is 0 Å². The van der Waals surface area contributed by atoms with Crippen LogP contribution in [-0.2, 0) is 6.54 Å². The maximum Gasteiger partial charge on any atom is 0.273 e. The molecular formula is C22H16FN3O3S. The SMILES string of the molecule is Cc1c(C(=O)N(Cc2ccccc2)c2nc3c(F)cccc3s2)cccc1[N+](=O)[O-]. The van der Waals surface area contributed by atoms with Crippen molar-refractivity contribution in [2.24, 2.45) is 0 Å². The number of para-hydroxylation sites is 1. The molecule has 0 saturated heterocycles. The number of nitro benzene ring substituents is 1. The molecule has 0 radical (unpaired) electrons. The molecule has 1 aromatic heterocycles. The fraction of sp³-hybridized carbons (Fsp3) is 0.0909. The summed E-state index contributed by atoms with van der Waals surface area (Å²) >= 11 is 1.20. The van der Waals surface area contributed by atoms with E-state index in [2.05, 4.69) is 4.98 Å². The summed E-state index contributed by atoms with van der Waals surface area (Å²) in [5.41, 5.74) is 1.40. The monoisotopic (exact) mass is 421 g/mol. The lowest BCUT2D eigenvalue weighted by molar-refractivity contribution is -0.385. The number of nitrogens with zero attached hydrogens (tertiary/aromatic N) is 3. The zero-order valence-corrected chi connectivity index (χ0v) is 16.7. The van der Waals surface area contributed by atoms with Gasteiger partial charge in [0.25, 0.3) is 11.6 Å². The van der Waals surface area contributed by atoms with Crippen LogP contribution in [0.5, 0.6) is 0 Å². The number of nitro groups is 1. The highest BCUT2D eigenvalue weighted by Crippen LogP contribution is 2.33. The zero-order chi connectivity index (χ0) is 21.3. The van der Waals surface area contributed by atoms with Gasteiger partial charge >= 0.3 is 0 Å². The van der Waals surface area contributed by atoms with Crippen LogP contribution < -0.4 is 4.90 Å². The van der Waals surface area contributed by atoms with Crippen molar-refractivity contribution in [2.45, 2.75) is 13.5 Å². The molecule has 1 amide bonds. The third kappa shape index (κ3) is 3.65. The van der Waals surface area contributed by atoms with E-state index in [0.29, 0.717) is 9.83 Å². The Balaban J connectivity index is 1.83. The average molecular weight is 421 g/mol. The van der Waals surface area contributed by atoms with E-state index in [1.54, 1.807) is 25.1 Å². The quantitative estimate of drug-likeness (QED) is 0.315. The Hall–Kier alpha value is -3.65. The van der Waals surface area contributed by atoms with Gasteiger partial charge in [0.1, 0.15) is 11.3 Å². The second-order valence-electron chi connectivity index (χ2n) is 6.67. The lowest BCUT2D eigenvalue weighted by Gasteiger charge is -2.21. The third-order valence-electron chi connectivity index (χ3n) is 4.75. The van der Waals surface area contributed by atoms with Gasteiger partial charge in [-0.25, -0.2) is 9.37 Å². The number of carbonyl (C=O) groups excluding carboxylic acids is 1. The summed E-state index contributed by atoms with van der Waals surface area (Å²) in [7, 11) is 0. The summed E-state index contributed by atoms with van der Waals surface area (Å²) in [5, 5.41) is 11.6. The van der Waals surface area contributed by atoms with Crippen LogP contribution in [0.3, 0.4) is 0 Å². The van der Waals surface area contributed by atoms with Crippen LogP contribution in [0.1, 0.15) is 21.5 Å². The van der Waals surface area contributed by atoms with Crippen LogP contribution in [0, 0.1) is 22.9 Å². The van der Waals surface area contributed by atoms with Gasteiger partial charge in [-0.1, -0.05) is 53.8 Å². The molecule has 0 bridgehead atoms. The highest BCUT2D eigenvalue weighted by atomic mass is 32.1. The van der Waals surface area contributed by atoms with Gasteiger partial charge in [0.05, 0.1) is 16.2 Å². The lowest BCUT2D eigenvalue weighted by atomic mass is 10.1. The molecule has 30 heavy (non-hydrogen) atoms. The number of fused-ring (bicyclic) bond motifs is 1. The zero-order valence-electron chi connectivity index (χ0n) is 15.9. The Morgan fingerprint density at radius 2 is 1.83 bits per heavy atom. The van der Waals surface area contributed by atoms with Crippen molar-refractivity contribution in [2.75, 3.05) is 4.90 Å². The number of thiazole rings is 1. The van der Waals surface area contributed by atoms with Gasteiger partial charge in [-0.3, -0.25) is 19.8 Å². The van der Waals surface area contributed by atoms with E-state index in [9.17, 15) is 19.3 Å². The number of hydrogen-bond donors (Lipinski definition) is 0. The van der Waals surface area contributed by atoms with Crippen LogP contribution in [0.15, 0.2) is 66.7 Å². The number of rotatable bonds is 5. The smallest absolute Gasteiger partial charge is 0.273 e. The van der Waals surface area contributed by atoms with Gasteiger partial charge in [0.15, 0.2) is 5.13 Å². The fourth-order valence-electron chi connectivity index (χ4n) is 3.21. The summed E-state index contributed by atoms with van der Waals surface area (Å²) in [6.45, 7) is 1.74. The Kier molecular flexibility index (Phi) is 5.24. The number of hydrogen-bond acceptors (Lipinski definition) is 5. The fourth-order valence-corrected chi connectivity index (χ4v) is 4.19. The van der Waals surface area contributed by atoms with E-state index in [1.807, 2.05) is 30.3 Å². The summed E-state index contributed by atoms with van der Waals surface area (Å²) in [5.74, 6) is -0.895. The molecule has 0 aliphatic carbocycles. The first-order valence-electron chi connectivity index (χ1n) is 9.10. The second kappa shape index (κ2) is 8.00. The van der Waals surface area contributed by atoms with Crippen molar-refractivity contribution in [3.63, 3.8) is 0 Å². The maximum absolute atomic E-state index is 14.2. The molecule has 150 valence electrons. The van der Waals surface area contributed by atoms with E-state index >= 15 is 0 Å². The first-order valence-corrected chi connectivity index (χ1v) is 9.92. The maximum atomic E-state index is 14.2. The van der Waals surface area contributed by atoms with Crippen molar-refractivity contribution in [1.29, 1.82) is 0 Å². The van der Waals surface area contributed by atoms with Gasteiger partial charge in [0.2, 0.25) is 0 Å². The Labute approximate surface area is 175 Å². The second-order valence-corrected chi connectivity index (χ2v) is 7.68. The summed E-state index contributed by atoms with van der Waals surface area (Å²) in [6, 6.07) is 18.4. The minimum absolute atomic E-state index is 0.129. The predicted molar refractivity (Wildman–Crippen MR) is 114 cm³/mol. The lowest BCUT2D eigenvalue weighted by Crippen LogP contribution is -2.31. The number of halogens is 1. The number of aromatic nitrogens is 1. The molecule has 0 aliphatic rings. The van der Waals surface area contributed by atoms with Gasteiger partial charge in [0, 0.05) is 17.2 Å². The molecular weight excluding hydrogens is 405 g/mol. The number of benzene rings is 3. The molecule has 0 saturated carbocycles. The van der Waals surface area contributed by atoms with Crippen LogP contribution in [0.2, 0.25) is 0 Å². The van der Waals surface area contributed by atoms with E-state index in [-0.39, 0.29) is 28.9 Å². The highest BCUT2D eigenvalue weighted by Gasteiger charge is 2.26. The van der Waals surface area contributed by atoms with Crippen molar-refractivity contribution in [1.82, 2.24) is 4.98 Å². The molecule has 6 nitrogen and oxygen atoms in total. The van der Waals surface area contributed by atoms with Crippen molar-refractivity contribution >= 4 is 38.3 Å². The Morgan fingerprint density at radius 1 is 1.10 bits per heavy atom. The van der Waals surface area contributed by atoms with E-state index in [4.69, 9.17) is 0 Å². The van der Waals surface area contributed by atoms with Crippen molar-refractivity contribution < 1.29 is 14.1 Å². The first-order chi connectivity index (χ1) is 14.5. The Morgan fingerprint density at radius 3 is 2.53 bits per heavy atom. The molecule has 0 spiro atoms. The molecule has 0 atom stereocenters. The molecule has 0 fully saturated rings. The van der Waals surface area contributed by atoms with Crippen molar-refractivity contribution in [3.8, 4) is 0 Å². The molecule has 3 aromatic carbocycles. The average Bonchev–Trinajstić information content (AvgIpc) is 3.18. The molecule has 4 aromatic rings. The number of amides is 1. The van der Waals surface area contributed by atoms with Gasteiger partial charge in [-0.05, 0) is 30.7 Å². The van der Waals surface area contributed by atoms with E-state index in [0.717, 1.165) is 5.56 Å². The molecule has 4 rings (SSSR count). The number of carbonyl (C=O) groups is 1. The van der Waals surface area contributed by atoms with Crippen LogP contribution in [0.25, 0.3) is 10.2 Å². The minimum atomic E-state index is -0.513. The standard InChI is InChI=1S/C22H16FN3O3S/c1-14-16(9-5-11-18(14)26(28)29)21(27)25(13-15-7-3-2-4-8-15)22-24-20-17(23)10-6-12-19(20)30-22/h2-12H,13H2,1H3. The van der Waals surface area contributed by atoms with E-state index in [1.165, 1.54) is 34.4 Å². The van der Waals surface area contributed by atoms with Gasteiger partial charge in [-0.15, -0.1) is 0 Å². The van der Waals surface area contributed by atoms with Crippen LogP contribution in [-0.4, -0.2) is 15.8 Å². The molecule has 8 heteroatoms. The Bertz CT molecular complexity index is 1260. The predicted octanol–water partition coefficient (Wildman–Crippen LogP) is 5.50. The number of anilines is 1. The summed E-state index contributed by atoms with van der Waals surface area (Å²) in [6.07, 6.45) is 0. The molecule has 0 N–H and O–H groups in total. The summed E-state index contributed by atoms with van der Waals surface area (Å²) in [4.78, 5) is 30.1. The molecule has 0 unspecified atom stereocenters. The van der Waals surface area contributed by atoms with Crippen LogP contribution >= 0.6 is 11.3 Å². The van der Waals surface area contributed by atoms with E-state index < -0.39 is 16.6 Å². The third-order valence-corrected chi connectivity index (χ3v) is 5.79. The topological polar surface area (TPSA) is 76.3 Å². The van der Waals surface area contributed by atoms with Crippen LogP contribution in [0.4, 0.5) is 15.2 Å².